The van der Waals surface area contributed by atoms with Gasteiger partial charge in [-0.05, 0) is 42.8 Å². The number of aryl methyl sites for hydroxylation is 1. The molecule has 8 nitrogen and oxygen atoms in total. The number of carbonyl (C=O) groups is 1. The zero-order chi connectivity index (χ0) is 19.9. The molecular formula is C20H22N4O4. The highest BCUT2D eigenvalue weighted by Gasteiger charge is 2.14. The van der Waals surface area contributed by atoms with Crippen LogP contribution in [0.15, 0.2) is 47.2 Å². The average Bonchev–Trinajstić information content (AvgIpc) is 3.21. The Kier molecular flexibility index (Phi) is 6.21. The van der Waals surface area contributed by atoms with Gasteiger partial charge < -0.3 is 19.3 Å². The van der Waals surface area contributed by atoms with Crippen molar-refractivity contribution in [1.29, 1.82) is 0 Å². The minimum absolute atomic E-state index is 0.0878. The number of rotatable bonds is 8. The highest BCUT2D eigenvalue weighted by atomic mass is 16.5. The lowest BCUT2D eigenvalue weighted by molar-refractivity contribution is -0.121. The van der Waals surface area contributed by atoms with Crippen LogP contribution in [0.4, 0.5) is 0 Å². The summed E-state index contributed by atoms with van der Waals surface area (Å²) in [5.41, 5.74) is 1.74. The molecule has 3 rings (SSSR count). The van der Waals surface area contributed by atoms with Crippen molar-refractivity contribution >= 4 is 5.91 Å². The van der Waals surface area contributed by atoms with E-state index >= 15 is 0 Å². The summed E-state index contributed by atoms with van der Waals surface area (Å²) >= 11 is 0. The topological polar surface area (TPSA) is 99.4 Å². The molecule has 28 heavy (non-hydrogen) atoms. The molecule has 0 aliphatic rings. The molecule has 1 amide bonds. The van der Waals surface area contributed by atoms with Crippen LogP contribution in [-0.4, -0.2) is 35.3 Å². The molecule has 146 valence electrons. The first-order valence-corrected chi connectivity index (χ1v) is 8.85. The van der Waals surface area contributed by atoms with Gasteiger partial charge in [-0.15, -0.1) is 0 Å². The number of hydrogen-bond donors (Lipinski definition) is 1. The molecule has 3 aromatic rings. The first-order valence-electron chi connectivity index (χ1n) is 8.85. The summed E-state index contributed by atoms with van der Waals surface area (Å²) in [5.74, 6) is 1.94. The third kappa shape index (κ3) is 4.64. The van der Waals surface area contributed by atoms with Crippen LogP contribution in [0.5, 0.6) is 11.5 Å². The van der Waals surface area contributed by atoms with E-state index in [0.717, 1.165) is 11.1 Å². The van der Waals surface area contributed by atoms with Crippen LogP contribution in [-0.2, 0) is 11.2 Å². The molecule has 0 saturated carbocycles. The largest absolute Gasteiger partial charge is 0.493 e. The summed E-state index contributed by atoms with van der Waals surface area (Å²) in [7, 11) is 3.14. The van der Waals surface area contributed by atoms with Gasteiger partial charge in [0.25, 0.3) is 0 Å². The molecule has 2 heterocycles. The van der Waals surface area contributed by atoms with Gasteiger partial charge in [0.2, 0.25) is 17.6 Å². The first-order chi connectivity index (χ1) is 13.6. The van der Waals surface area contributed by atoms with Crippen molar-refractivity contribution in [2.24, 2.45) is 0 Å². The summed E-state index contributed by atoms with van der Waals surface area (Å²) in [4.78, 5) is 20.5. The van der Waals surface area contributed by atoms with Gasteiger partial charge in [0.05, 0.1) is 20.3 Å². The summed E-state index contributed by atoms with van der Waals surface area (Å²) in [6.45, 7) is 1.93. The molecule has 0 spiro atoms. The van der Waals surface area contributed by atoms with E-state index in [4.69, 9.17) is 14.0 Å². The van der Waals surface area contributed by atoms with E-state index in [1.165, 1.54) is 0 Å². The van der Waals surface area contributed by atoms with Gasteiger partial charge in [0.15, 0.2) is 11.5 Å². The maximum absolute atomic E-state index is 12.2. The number of pyridine rings is 1. The van der Waals surface area contributed by atoms with Crippen LogP contribution in [0.25, 0.3) is 11.4 Å². The Morgan fingerprint density at radius 3 is 2.61 bits per heavy atom. The molecule has 0 saturated heterocycles. The summed E-state index contributed by atoms with van der Waals surface area (Å²) in [6.07, 6.45) is 4.01. The van der Waals surface area contributed by atoms with Gasteiger partial charge in [-0.1, -0.05) is 5.16 Å². The van der Waals surface area contributed by atoms with Gasteiger partial charge in [-0.3, -0.25) is 9.78 Å². The standard InChI is InChI=1S/C20H22N4O4/c1-13(14-8-10-21-11-9-14)22-18(25)6-7-19-23-20(24-28-19)15-4-5-16(26-2)17(12-15)27-3/h4-5,8-13H,6-7H2,1-3H3,(H,22,25)/t13-/m1/s1. The Balaban J connectivity index is 1.58. The predicted octanol–water partition coefficient (Wildman–Crippen LogP) is 2.96. The van der Waals surface area contributed by atoms with Gasteiger partial charge in [-0.25, -0.2) is 0 Å². The van der Waals surface area contributed by atoms with Crippen molar-refractivity contribution in [2.75, 3.05) is 14.2 Å². The lowest BCUT2D eigenvalue weighted by atomic mass is 10.1. The quantitative estimate of drug-likeness (QED) is 0.639. The van der Waals surface area contributed by atoms with Crippen molar-refractivity contribution in [1.82, 2.24) is 20.4 Å². The second-order valence-electron chi connectivity index (χ2n) is 6.15. The monoisotopic (exact) mass is 382 g/mol. The van der Waals surface area contributed by atoms with Crippen molar-refractivity contribution in [3.63, 3.8) is 0 Å². The van der Waals surface area contributed by atoms with E-state index in [1.54, 1.807) is 38.7 Å². The number of nitrogens with one attached hydrogen (secondary N) is 1. The molecule has 0 aliphatic carbocycles. The van der Waals surface area contributed by atoms with E-state index < -0.39 is 0 Å². The minimum Gasteiger partial charge on any atom is -0.493 e. The summed E-state index contributed by atoms with van der Waals surface area (Å²) in [5, 5.41) is 6.93. The Bertz CT molecular complexity index is 927. The third-order valence-electron chi connectivity index (χ3n) is 4.26. The molecule has 0 unspecified atom stereocenters. The van der Waals surface area contributed by atoms with Crippen molar-refractivity contribution in [3.8, 4) is 22.9 Å². The van der Waals surface area contributed by atoms with Crippen LogP contribution >= 0.6 is 0 Å². The van der Waals surface area contributed by atoms with Gasteiger partial charge in [0.1, 0.15) is 0 Å². The zero-order valence-corrected chi connectivity index (χ0v) is 16.0. The zero-order valence-electron chi connectivity index (χ0n) is 16.0. The number of carbonyl (C=O) groups excluding carboxylic acids is 1. The third-order valence-corrected chi connectivity index (χ3v) is 4.26. The van der Waals surface area contributed by atoms with Crippen molar-refractivity contribution < 1.29 is 18.8 Å². The summed E-state index contributed by atoms with van der Waals surface area (Å²) < 4.78 is 15.8. The fourth-order valence-corrected chi connectivity index (χ4v) is 2.72. The molecule has 0 bridgehead atoms. The lowest BCUT2D eigenvalue weighted by Crippen LogP contribution is -2.26. The van der Waals surface area contributed by atoms with Crippen molar-refractivity contribution in [3.05, 3.63) is 54.2 Å². The highest BCUT2D eigenvalue weighted by molar-refractivity contribution is 5.76. The Morgan fingerprint density at radius 2 is 1.89 bits per heavy atom. The molecule has 0 radical (unpaired) electrons. The van der Waals surface area contributed by atoms with Crippen LogP contribution in [0.1, 0.15) is 30.8 Å². The lowest BCUT2D eigenvalue weighted by Gasteiger charge is -2.13. The number of hydrogen-bond acceptors (Lipinski definition) is 7. The van der Waals surface area contributed by atoms with Gasteiger partial charge >= 0.3 is 0 Å². The summed E-state index contributed by atoms with van der Waals surface area (Å²) in [6, 6.07) is 9.02. The van der Waals surface area contributed by atoms with E-state index in [1.807, 2.05) is 25.1 Å². The number of aromatic nitrogens is 3. The Labute approximate surface area is 162 Å². The van der Waals surface area contributed by atoms with Crippen LogP contribution in [0.2, 0.25) is 0 Å². The van der Waals surface area contributed by atoms with E-state index in [-0.39, 0.29) is 18.4 Å². The maximum atomic E-state index is 12.2. The molecule has 8 heteroatoms. The number of benzene rings is 1. The number of amides is 1. The van der Waals surface area contributed by atoms with Gasteiger partial charge in [-0.2, -0.15) is 4.98 Å². The van der Waals surface area contributed by atoms with E-state index in [0.29, 0.717) is 29.6 Å². The minimum atomic E-state index is -0.0967. The smallest absolute Gasteiger partial charge is 0.227 e. The van der Waals surface area contributed by atoms with Crippen molar-refractivity contribution in [2.45, 2.75) is 25.8 Å². The van der Waals surface area contributed by atoms with E-state index in [2.05, 4.69) is 20.4 Å². The predicted molar refractivity (Wildman–Crippen MR) is 102 cm³/mol. The van der Waals surface area contributed by atoms with Crippen LogP contribution < -0.4 is 14.8 Å². The molecular weight excluding hydrogens is 360 g/mol. The Morgan fingerprint density at radius 1 is 1.14 bits per heavy atom. The molecule has 1 aromatic carbocycles. The van der Waals surface area contributed by atoms with Gasteiger partial charge in [0, 0.05) is 30.8 Å². The number of nitrogens with zero attached hydrogens (tertiary/aromatic N) is 3. The number of ether oxygens (including phenoxy) is 2. The normalized spacial score (nSPS) is 11.7. The molecule has 2 aromatic heterocycles. The molecule has 1 N–H and O–H groups in total. The fourth-order valence-electron chi connectivity index (χ4n) is 2.72. The highest BCUT2D eigenvalue weighted by Crippen LogP contribution is 2.31. The second kappa shape index (κ2) is 8.98. The molecule has 0 aliphatic heterocycles. The van der Waals surface area contributed by atoms with Crippen LogP contribution in [0, 0.1) is 0 Å². The molecule has 0 fully saturated rings. The SMILES string of the molecule is COc1ccc(-c2noc(CCC(=O)N[C@H](C)c3ccncc3)n2)cc1OC. The average molecular weight is 382 g/mol. The number of methoxy groups -OCH3 is 2. The Hall–Kier alpha value is -3.42. The van der Waals surface area contributed by atoms with Crippen LogP contribution in [0.3, 0.4) is 0 Å². The fraction of sp³-hybridized carbons (Fsp3) is 0.300. The molecule has 1 atom stereocenters. The van der Waals surface area contributed by atoms with E-state index in [9.17, 15) is 4.79 Å². The maximum Gasteiger partial charge on any atom is 0.227 e. The first kappa shape index (κ1) is 19.3. The second-order valence-corrected chi connectivity index (χ2v) is 6.15.